The summed E-state index contributed by atoms with van der Waals surface area (Å²) in [7, 11) is 0. The molecule has 2 N–H and O–H groups in total. The highest BCUT2D eigenvalue weighted by Crippen LogP contribution is 2.40. The molecular weight excluding hydrogens is 228 g/mol. The molecule has 1 aromatic rings. The van der Waals surface area contributed by atoms with Crippen molar-refractivity contribution in [3.05, 3.63) is 35.4 Å². The summed E-state index contributed by atoms with van der Waals surface area (Å²) in [5, 5.41) is 0. The number of rotatable bonds is 3. The van der Waals surface area contributed by atoms with Crippen LogP contribution in [0.1, 0.15) is 18.4 Å². The van der Waals surface area contributed by atoms with Gasteiger partial charge < -0.3 is 5.73 Å². The molecule has 0 aromatic heterocycles. The van der Waals surface area contributed by atoms with Gasteiger partial charge in [0.1, 0.15) is 11.6 Å². The summed E-state index contributed by atoms with van der Waals surface area (Å²) in [5.74, 6) is 0.119. The van der Waals surface area contributed by atoms with Crippen molar-refractivity contribution in [2.75, 3.05) is 12.3 Å². The standard InChI is InChI=1S/C12H15F2NS/c13-10-3-1-4-11(14)9(10)7-12(8-15)5-2-6-16-12/h1,3-4H,2,5-8,15H2. The lowest BCUT2D eigenvalue weighted by molar-refractivity contribution is 0.505. The Bertz CT molecular complexity index is 355. The topological polar surface area (TPSA) is 26.0 Å². The molecule has 1 aliphatic heterocycles. The monoisotopic (exact) mass is 243 g/mol. The number of thioether (sulfide) groups is 1. The maximum absolute atomic E-state index is 13.5. The summed E-state index contributed by atoms with van der Waals surface area (Å²) in [6.45, 7) is 0.478. The van der Waals surface area contributed by atoms with Gasteiger partial charge in [-0.15, -0.1) is 0 Å². The van der Waals surface area contributed by atoms with Gasteiger partial charge in [-0.3, -0.25) is 0 Å². The second-order valence-electron chi connectivity index (χ2n) is 4.22. The minimum Gasteiger partial charge on any atom is -0.329 e. The van der Waals surface area contributed by atoms with Gasteiger partial charge >= 0.3 is 0 Å². The molecule has 0 amide bonds. The van der Waals surface area contributed by atoms with Gasteiger partial charge in [-0.05, 0) is 37.1 Å². The molecule has 1 nitrogen and oxygen atoms in total. The van der Waals surface area contributed by atoms with Crippen LogP contribution in [0.15, 0.2) is 18.2 Å². The molecule has 1 unspecified atom stereocenters. The van der Waals surface area contributed by atoms with E-state index in [1.807, 2.05) is 0 Å². The van der Waals surface area contributed by atoms with Crippen molar-refractivity contribution in [2.24, 2.45) is 5.73 Å². The third-order valence-corrected chi connectivity index (χ3v) is 4.74. The maximum Gasteiger partial charge on any atom is 0.129 e. The first-order valence-electron chi connectivity index (χ1n) is 5.44. The molecule has 0 radical (unpaired) electrons. The number of hydrogen-bond donors (Lipinski definition) is 1. The van der Waals surface area contributed by atoms with E-state index in [0.717, 1.165) is 18.6 Å². The van der Waals surface area contributed by atoms with Gasteiger partial charge in [0.15, 0.2) is 0 Å². The summed E-state index contributed by atoms with van der Waals surface area (Å²) < 4.78 is 26.9. The SMILES string of the molecule is NCC1(Cc2c(F)cccc2F)CCCS1. The number of benzene rings is 1. The van der Waals surface area contributed by atoms with E-state index in [1.54, 1.807) is 11.8 Å². The Morgan fingerprint density at radius 3 is 2.50 bits per heavy atom. The molecule has 1 heterocycles. The molecular formula is C12H15F2NS. The Hall–Kier alpha value is -0.610. The Morgan fingerprint density at radius 1 is 1.31 bits per heavy atom. The quantitative estimate of drug-likeness (QED) is 0.883. The predicted octanol–water partition coefficient (Wildman–Crippen LogP) is 2.73. The van der Waals surface area contributed by atoms with E-state index in [0.29, 0.717) is 13.0 Å². The smallest absolute Gasteiger partial charge is 0.129 e. The first-order chi connectivity index (χ1) is 7.67. The fraction of sp³-hybridized carbons (Fsp3) is 0.500. The highest BCUT2D eigenvalue weighted by Gasteiger charge is 2.35. The van der Waals surface area contributed by atoms with E-state index in [9.17, 15) is 8.78 Å². The summed E-state index contributed by atoms with van der Waals surface area (Å²) in [6.07, 6.45) is 2.42. The van der Waals surface area contributed by atoms with Crippen LogP contribution >= 0.6 is 11.8 Å². The molecule has 0 bridgehead atoms. The molecule has 1 fully saturated rings. The van der Waals surface area contributed by atoms with Crippen molar-refractivity contribution >= 4 is 11.8 Å². The zero-order valence-electron chi connectivity index (χ0n) is 9.01. The molecule has 16 heavy (non-hydrogen) atoms. The summed E-state index contributed by atoms with van der Waals surface area (Å²) in [6, 6.07) is 4.01. The molecule has 1 aromatic carbocycles. The number of hydrogen-bond acceptors (Lipinski definition) is 2. The van der Waals surface area contributed by atoms with Gasteiger partial charge in [-0.25, -0.2) is 8.78 Å². The largest absolute Gasteiger partial charge is 0.329 e. The van der Waals surface area contributed by atoms with Crippen molar-refractivity contribution in [2.45, 2.75) is 24.0 Å². The van der Waals surface area contributed by atoms with E-state index in [-0.39, 0.29) is 10.3 Å². The Kier molecular flexibility index (Phi) is 3.50. The van der Waals surface area contributed by atoms with Crippen LogP contribution in [0, 0.1) is 11.6 Å². The number of nitrogens with two attached hydrogens (primary N) is 1. The third-order valence-electron chi connectivity index (χ3n) is 3.12. The molecule has 0 spiro atoms. The van der Waals surface area contributed by atoms with Gasteiger partial charge in [0, 0.05) is 16.9 Å². The van der Waals surface area contributed by atoms with E-state index >= 15 is 0 Å². The maximum atomic E-state index is 13.5. The van der Waals surface area contributed by atoms with Crippen molar-refractivity contribution < 1.29 is 8.78 Å². The van der Waals surface area contributed by atoms with Crippen molar-refractivity contribution in [1.29, 1.82) is 0 Å². The second kappa shape index (κ2) is 4.72. The summed E-state index contributed by atoms with van der Waals surface area (Å²) in [4.78, 5) is 0. The lowest BCUT2D eigenvalue weighted by atomic mass is 9.94. The van der Waals surface area contributed by atoms with Crippen LogP contribution in [0.2, 0.25) is 0 Å². The second-order valence-corrected chi connectivity index (χ2v) is 5.78. The first kappa shape index (κ1) is 11.9. The highest BCUT2D eigenvalue weighted by molar-refractivity contribution is 8.00. The summed E-state index contributed by atoms with van der Waals surface area (Å²) >= 11 is 1.74. The first-order valence-corrected chi connectivity index (χ1v) is 6.42. The zero-order chi connectivity index (χ0) is 11.6. The fourth-order valence-electron chi connectivity index (χ4n) is 2.15. The van der Waals surface area contributed by atoms with Gasteiger partial charge in [-0.2, -0.15) is 11.8 Å². The van der Waals surface area contributed by atoms with Gasteiger partial charge in [0.2, 0.25) is 0 Å². The predicted molar refractivity (Wildman–Crippen MR) is 63.5 cm³/mol. The fourth-order valence-corrected chi connectivity index (χ4v) is 3.53. The molecule has 1 saturated heterocycles. The molecule has 1 atom stereocenters. The Labute approximate surface area is 98.4 Å². The molecule has 88 valence electrons. The molecule has 1 aliphatic rings. The lowest BCUT2D eigenvalue weighted by Gasteiger charge is -2.26. The van der Waals surface area contributed by atoms with E-state index in [1.165, 1.54) is 18.2 Å². The molecule has 4 heteroatoms. The van der Waals surface area contributed by atoms with Gasteiger partial charge in [0.05, 0.1) is 0 Å². The van der Waals surface area contributed by atoms with Crippen LogP contribution in [0.5, 0.6) is 0 Å². The van der Waals surface area contributed by atoms with E-state index in [4.69, 9.17) is 5.73 Å². The van der Waals surface area contributed by atoms with Crippen LogP contribution in [0.25, 0.3) is 0 Å². The highest BCUT2D eigenvalue weighted by atomic mass is 32.2. The lowest BCUT2D eigenvalue weighted by Crippen LogP contribution is -2.34. The molecule has 2 rings (SSSR count). The van der Waals surface area contributed by atoms with Gasteiger partial charge in [0.25, 0.3) is 0 Å². The Morgan fingerprint density at radius 2 is 2.00 bits per heavy atom. The Balaban J connectivity index is 2.25. The van der Waals surface area contributed by atoms with Crippen molar-refractivity contribution in [1.82, 2.24) is 0 Å². The van der Waals surface area contributed by atoms with Crippen molar-refractivity contribution in [3.63, 3.8) is 0 Å². The van der Waals surface area contributed by atoms with Gasteiger partial charge in [-0.1, -0.05) is 6.07 Å². The van der Waals surface area contributed by atoms with E-state index < -0.39 is 11.6 Å². The number of halogens is 2. The van der Waals surface area contributed by atoms with Crippen LogP contribution in [-0.2, 0) is 6.42 Å². The molecule has 0 aliphatic carbocycles. The third kappa shape index (κ3) is 2.23. The minimum atomic E-state index is -0.458. The minimum absolute atomic E-state index is 0.164. The van der Waals surface area contributed by atoms with Crippen LogP contribution in [0.4, 0.5) is 8.78 Å². The average Bonchev–Trinajstić information content (AvgIpc) is 2.73. The van der Waals surface area contributed by atoms with Crippen LogP contribution in [-0.4, -0.2) is 17.0 Å². The zero-order valence-corrected chi connectivity index (χ0v) is 9.83. The average molecular weight is 243 g/mol. The van der Waals surface area contributed by atoms with Crippen LogP contribution in [0.3, 0.4) is 0 Å². The van der Waals surface area contributed by atoms with Crippen molar-refractivity contribution in [3.8, 4) is 0 Å². The van der Waals surface area contributed by atoms with Crippen LogP contribution < -0.4 is 5.73 Å². The van der Waals surface area contributed by atoms with E-state index in [2.05, 4.69) is 0 Å². The summed E-state index contributed by atoms with van der Waals surface area (Å²) in [5.41, 5.74) is 5.93. The normalized spacial score (nSPS) is 24.9. The molecule has 0 saturated carbocycles.